The van der Waals surface area contributed by atoms with Gasteiger partial charge in [-0.15, -0.1) is 0 Å². The van der Waals surface area contributed by atoms with E-state index in [1.165, 1.54) is 27.4 Å². The maximum absolute atomic E-state index is 9.97. The van der Waals surface area contributed by atoms with Crippen molar-refractivity contribution in [2.75, 3.05) is 0 Å². The highest BCUT2D eigenvalue weighted by atomic mass is 15.0. The molecule has 6 aromatic carbocycles. The summed E-state index contributed by atoms with van der Waals surface area (Å²) < 4.78 is 2.35. The quantitative estimate of drug-likeness (QED) is 0.232. The summed E-state index contributed by atoms with van der Waals surface area (Å²) in [6.45, 7) is 2.15. The van der Waals surface area contributed by atoms with Gasteiger partial charge >= 0.3 is 0 Å². The van der Waals surface area contributed by atoms with Crippen molar-refractivity contribution in [3.63, 3.8) is 0 Å². The highest BCUT2D eigenvalue weighted by Gasteiger charge is 2.16. The third-order valence-corrected chi connectivity index (χ3v) is 7.73. The van der Waals surface area contributed by atoms with Crippen LogP contribution in [0.1, 0.15) is 11.1 Å². The maximum Gasteiger partial charge on any atom is 0.0998 e. The van der Waals surface area contributed by atoms with Crippen LogP contribution in [0.15, 0.2) is 140 Å². The lowest BCUT2D eigenvalue weighted by Crippen LogP contribution is -1.95. The third kappa shape index (κ3) is 3.88. The molecule has 0 saturated heterocycles. The summed E-state index contributed by atoms with van der Waals surface area (Å²) in [5.74, 6) is 0. The van der Waals surface area contributed by atoms with Crippen molar-refractivity contribution in [3.8, 4) is 45.1 Å². The summed E-state index contributed by atoms with van der Waals surface area (Å²) in [5.41, 5.74) is 11.9. The van der Waals surface area contributed by atoms with Gasteiger partial charge in [0.2, 0.25) is 0 Å². The van der Waals surface area contributed by atoms with Crippen LogP contribution < -0.4 is 0 Å². The van der Waals surface area contributed by atoms with Crippen molar-refractivity contribution in [1.29, 1.82) is 5.26 Å². The first-order chi connectivity index (χ1) is 19.7. The van der Waals surface area contributed by atoms with Crippen LogP contribution in [-0.2, 0) is 0 Å². The molecule has 2 heteroatoms. The minimum atomic E-state index is 0.676. The molecule has 0 aliphatic heterocycles. The van der Waals surface area contributed by atoms with Gasteiger partial charge in [0, 0.05) is 22.0 Å². The largest absolute Gasteiger partial charge is 0.309 e. The molecule has 188 valence electrons. The molecule has 0 unspecified atom stereocenters. The lowest BCUT2D eigenvalue weighted by molar-refractivity contribution is 1.18. The molecule has 7 rings (SSSR count). The predicted molar refractivity (Wildman–Crippen MR) is 167 cm³/mol. The van der Waals surface area contributed by atoms with E-state index in [0.717, 1.165) is 39.1 Å². The molecule has 0 aliphatic rings. The van der Waals surface area contributed by atoms with Crippen LogP contribution in [0, 0.1) is 18.3 Å². The summed E-state index contributed by atoms with van der Waals surface area (Å²) in [6.07, 6.45) is 0. The predicted octanol–water partition coefficient (Wildman–Crippen LogP) is 9.96. The number of rotatable bonds is 4. The Balaban J connectivity index is 1.38. The van der Waals surface area contributed by atoms with Gasteiger partial charge in [-0.25, -0.2) is 0 Å². The molecular weight excluding hydrogens is 484 g/mol. The van der Waals surface area contributed by atoms with Gasteiger partial charge < -0.3 is 4.57 Å². The van der Waals surface area contributed by atoms with Crippen molar-refractivity contribution < 1.29 is 0 Å². The van der Waals surface area contributed by atoms with Gasteiger partial charge in [0.1, 0.15) is 0 Å². The Hall–Kier alpha value is -5.39. The zero-order chi connectivity index (χ0) is 27.1. The number of aryl methyl sites for hydroxylation is 1. The van der Waals surface area contributed by atoms with Crippen LogP contribution >= 0.6 is 0 Å². The van der Waals surface area contributed by atoms with Gasteiger partial charge in [0.25, 0.3) is 0 Å². The number of nitriles is 1. The van der Waals surface area contributed by atoms with Gasteiger partial charge in [-0.05, 0) is 71.1 Å². The minimum Gasteiger partial charge on any atom is -0.309 e. The second-order valence-electron chi connectivity index (χ2n) is 10.2. The van der Waals surface area contributed by atoms with Gasteiger partial charge in [-0.1, -0.05) is 109 Å². The molecule has 40 heavy (non-hydrogen) atoms. The van der Waals surface area contributed by atoms with Gasteiger partial charge in [-0.2, -0.15) is 5.26 Å². The first kappa shape index (κ1) is 23.7. The number of hydrogen-bond donors (Lipinski definition) is 0. The Morgan fingerprint density at radius 1 is 0.525 bits per heavy atom. The highest BCUT2D eigenvalue weighted by molar-refractivity contribution is 6.09. The normalized spacial score (nSPS) is 11.1. The van der Waals surface area contributed by atoms with Crippen molar-refractivity contribution >= 4 is 21.8 Å². The molecule has 0 radical (unpaired) electrons. The summed E-state index contributed by atoms with van der Waals surface area (Å²) in [5, 5.41) is 12.5. The van der Waals surface area contributed by atoms with Gasteiger partial charge in [-0.3, -0.25) is 0 Å². The number of hydrogen-bond acceptors (Lipinski definition) is 1. The maximum atomic E-state index is 9.97. The number of nitrogens with zero attached hydrogens (tertiary/aromatic N) is 2. The fourth-order valence-electron chi connectivity index (χ4n) is 5.91. The number of para-hydroxylation sites is 1. The van der Waals surface area contributed by atoms with Crippen molar-refractivity contribution in [1.82, 2.24) is 4.57 Å². The summed E-state index contributed by atoms with van der Waals surface area (Å²) in [7, 11) is 0. The van der Waals surface area contributed by atoms with Crippen LogP contribution in [0.2, 0.25) is 0 Å². The first-order valence-electron chi connectivity index (χ1n) is 13.5. The van der Waals surface area contributed by atoms with Crippen LogP contribution in [-0.4, -0.2) is 4.57 Å². The average molecular weight is 511 g/mol. The molecule has 0 saturated carbocycles. The Labute approximate surface area is 234 Å². The molecule has 0 fully saturated rings. The third-order valence-electron chi connectivity index (χ3n) is 7.73. The molecule has 0 amide bonds. The van der Waals surface area contributed by atoms with E-state index in [2.05, 4.69) is 127 Å². The van der Waals surface area contributed by atoms with E-state index in [1.807, 2.05) is 30.3 Å². The molecule has 0 bridgehead atoms. The van der Waals surface area contributed by atoms with Gasteiger partial charge in [0.05, 0.1) is 22.7 Å². The van der Waals surface area contributed by atoms with E-state index in [-0.39, 0.29) is 0 Å². The number of fused-ring (bicyclic) bond motifs is 3. The van der Waals surface area contributed by atoms with E-state index < -0.39 is 0 Å². The zero-order valence-electron chi connectivity index (χ0n) is 22.2. The lowest BCUT2D eigenvalue weighted by Gasteiger charge is -2.16. The Morgan fingerprint density at radius 2 is 1.20 bits per heavy atom. The van der Waals surface area contributed by atoms with Crippen LogP contribution in [0.5, 0.6) is 0 Å². The average Bonchev–Trinajstić information content (AvgIpc) is 3.34. The Bertz CT molecular complexity index is 2060. The van der Waals surface area contributed by atoms with Crippen LogP contribution in [0.25, 0.3) is 60.9 Å². The van der Waals surface area contributed by atoms with E-state index in [4.69, 9.17) is 0 Å². The standard InChI is InChI=1S/C38H26N2/c1-26-18-23-37-35(24-26)33-15-7-8-17-36(33)40(37)30-21-19-27(20-22-30)31-13-5-6-14-32(31)34-16-9-12-29(25-39)38(34)28-10-3-2-4-11-28/h2-24H,1H3. The van der Waals surface area contributed by atoms with Crippen molar-refractivity contribution in [2.24, 2.45) is 0 Å². The Morgan fingerprint density at radius 3 is 2.00 bits per heavy atom. The monoisotopic (exact) mass is 510 g/mol. The molecular formula is C38H26N2. The van der Waals surface area contributed by atoms with Crippen molar-refractivity contribution in [2.45, 2.75) is 6.92 Å². The molecule has 0 atom stereocenters. The molecule has 7 aromatic rings. The zero-order valence-corrected chi connectivity index (χ0v) is 22.2. The fourth-order valence-corrected chi connectivity index (χ4v) is 5.91. The lowest BCUT2D eigenvalue weighted by atomic mass is 9.87. The highest BCUT2D eigenvalue weighted by Crippen LogP contribution is 2.40. The topological polar surface area (TPSA) is 28.7 Å². The van der Waals surface area contributed by atoms with Crippen molar-refractivity contribution in [3.05, 3.63) is 151 Å². The van der Waals surface area contributed by atoms with E-state index in [1.54, 1.807) is 0 Å². The Kier molecular flexibility index (Phi) is 5.77. The molecule has 1 heterocycles. The summed E-state index contributed by atoms with van der Waals surface area (Å²) >= 11 is 0. The summed E-state index contributed by atoms with van der Waals surface area (Å²) in [4.78, 5) is 0. The SMILES string of the molecule is Cc1ccc2c(c1)c1ccccc1n2-c1ccc(-c2ccccc2-c2cccc(C#N)c2-c2ccccc2)cc1. The second kappa shape index (κ2) is 9.73. The minimum absolute atomic E-state index is 0.676. The first-order valence-corrected chi connectivity index (χ1v) is 13.5. The summed E-state index contributed by atoms with van der Waals surface area (Å²) in [6, 6.07) is 51.2. The van der Waals surface area contributed by atoms with Gasteiger partial charge in [0.15, 0.2) is 0 Å². The molecule has 2 nitrogen and oxygen atoms in total. The molecule has 0 aliphatic carbocycles. The molecule has 0 spiro atoms. The fraction of sp³-hybridized carbons (Fsp3) is 0.0263. The molecule has 0 N–H and O–H groups in total. The van der Waals surface area contributed by atoms with Crippen LogP contribution in [0.3, 0.4) is 0 Å². The number of benzene rings is 6. The van der Waals surface area contributed by atoms with E-state index >= 15 is 0 Å². The van der Waals surface area contributed by atoms with E-state index in [9.17, 15) is 5.26 Å². The molecule has 1 aromatic heterocycles. The van der Waals surface area contributed by atoms with Crippen LogP contribution in [0.4, 0.5) is 0 Å². The number of aromatic nitrogens is 1. The smallest absolute Gasteiger partial charge is 0.0998 e. The van der Waals surface area contributed by atoms with E-state index in [0.29, 0.717) is 5.56 Å². The second-order valence-corrected chi connectivity index (χ2v) is 10.2.